The lowest BCUT2D eigenvalue weighted by atomic mass is 9.92. The number of fused-ring (bicyclic) bond motifs is 2. The van der Waals surface area contributed by atoms with Crippen LogP contribution in [0.15, 0.2) is 60.7 Å². The molecule has 0 N–H and O–H groups in total. The second-order valence-electron chi connectivity index (χ2n) is 8.96. The molecule has 2 aliphatic heterocycles. The van der Waals surface area contributed by atoms with Gasteiger partial charge in [0, 0.05) is 12.6 Å². The largest absolute Gasteiger partial charge is 0.493 e. The predicted molar refractivity (Wildman–Crippen MR) is 141 cm³/mol. The van der Waals surface area contributed by atoms with Gasteiger partial charge in [0.25, 0.3) is 0 Å². The van der Waals surface area contributed by atoms with Crippen molar-refractivity contribution in [1.29, 1.82) is 0 Å². The minimum atomic E-state index is -0.289. The maximum absolute atomic E-state index is 13.5. The normalized spacial score (nSPS) is 16.0. The Kier molecular flexibility index (Phi) is 7.21. The number of hydrogen-bond donors (Lipinski definition) is 0. The summed E-state index contributed by atoms with van der Waals surface area (Å²) in [5.41, 5.74) is 4.23. The van der Waals surface area contributed by atoms with E-state index in [-0.39, 0.29) is 18.7 Å². The van der Waals surface area contributed by atoms with Crippen LogP contribution in [0.3, 0.4) is 0 Å². The summed E-state index contributed by atoms with van der Waals surface area (Å²) in [7, 11) is 3.25. The van der Waals surface area contributed by atoms with Crippen molar-refractivity contribution in [2.75, 3.05) is 34.2 Å². The van der Waals surface area contributed by atoms with E-state index in [1.54, 1.807) is 26.4 Å². The quantitative estimate of drug-likeness (QED) is 0.395. The number of hydrogen-bond acceptors (Lipinski definition) is 6. The van der Waals surface area contributed by atoms with Gasteiger partial charge < -0.3 is 28.6 Å². The van der Waals surface area contributed by atoms with Crippen molar-refractivity contribution in [1.82, 2.24) is 4.90 Å². The summed E-state index contributed by atoms with van der Waals surface area (Å²) in [4.78, 5) is 15.3. The van der Waals surface area contributed by atoms with Gasteiger partial charge in [0.1, 0.15) is 12.4 Å². The Morgan fingerprint density at radius 3 is 2.51 bits per heavy atom. The minimum Gasteiger partial charge on any atom is -0.493 e. The van der Waals surface area contributed by atoms with Gasteiger partial charge in [-0.1, -0.05) is 25.1 Å². The van der Waals surface area contributed by atoms with Crippen molar-refractivity contribution in [3.05, 3.63) is 82.9 Å². The molecule has 0 saturated heterocycles. The zero-order chi connectivity index (χ0) is 25.8. The Morgan fingerprint density at radius 2 is 1.76 bits per heavy atom. The van der Waals surface area contributed by atoms with Crippen LogP contribution in [0.25, 0.3) is 6.08 Å². The first kappa shape index (κ1) is 24.6. The van der Waals surface area contributed by atoms with Crippen LogP contribution in [-0.4, -0.2) is 45.0 Å². The van der Waals surface area contributed by atoms with E-state index in [0.717, 1.165) is 28.9 Å². The number of carbonyl (C=O) groups excluding carboxylic acids is 1. The molecular formula is C30H31NO6. The zero-order valence-electron chi connectivity index (χ0n) is 21.4. The van der Waals surface area contributed by atoms with Crippen molar-refractivity contribution in [3.63, 3.8) is 0 Å². The lowest BCUT2D eigenvalue weighted by Crippen LogP contribution is -2.41. The maximum atomic E-state index is 13.5. The molecule has 7 heteroatoms. The van der Waals surface area contributed by atoms with Crippen molar-refractivity contribution in [3.8, 4) is 28.7 Å². The van der Waals surface area contributed by atoms with Crippen LogP contribution in [0.1, 0.15) is 35.2 Å². The summed E-state index contributed by atoms with van der Waals surface area (Å²) in [5.74, 6) is 3.39. The third-order valence-electron chi connectivity index (χ3n) is 6.84. The van der Waals surface area contributed by atoms with Gasteiger partial charge in [-0.2, -0.15) is 0 Å². The van der Waals surface area contributed by atoms with Crippen LogP contribution < -0.4 is 23.7 Å². The Labute approximate surface area is 217 Å². The molecule has 2 aliphatic rings. The number of benzene rings is 3. The zero-order valence-corrected chi connectivity index (χ0v) is 21.4. The van der Waals surface area contributed by atoms with Crippen molar-refractivity contribution < 1.29 is 28.5 Å². The van der Waals surface area contributed by atoms with E-state index in [2.05, 4.69) is 19.1 Å². The fourth-order valence-corrected chi connectivity index (χ4v) is 4.75. The van der Waals surface area contributed by atoms with E-state index in [0.29, 0.717) is 42.6 Å². The highest BCUT2D eigenvalue weighted by Crippen LogP contribution is 2.39. The second kappa shape index (κ2) is 10.9. The number of amides is 1. The number of ether oxygens (including phenoxy) is 5. The van der Waals surface area contributed by atoms with Gasteiger partial charge in [-0.25, -0.2) is 0 Å². The van der Waals surface area contributed by atoms with Crippen LogP contribution in [0.5, 0.6) is 28.7 Å². The third kappa shape index (κ3) is 5.21. The van der Waals surface area contributed by atoms with Gasteiger partial charge in [-0.15, -0.1) is 0 Å². The molecule has 0 saturated carbocycles. The molecule has 1 atom stereocenters. The fourth-order valence-electron chi connectivity index (χ4n) is 4.75. The van der Waals surface area contributed by atoms with E-state index < -0.39 is 0 Å². The van der Waals surface area contributed by atoms with E-state index >= 15 is 0 Å². The Balaban J connectivity index is 1.41. The van der Waals surface area contributed by atoms with Crippen molar-refractivity contribution in [2.24, 2.45) is 0 Å². The standard InChI is InChI=1S/C30H31NO6/c1-4-20-5-9-23(10-6-20)35-18-25-24-17-28(34-3)27(33-2)16-22(24)13-14-31(25)30(32)12-8-21-7-11-26-29(15-21)37-19-36-26/h5-12,15-17,25H,4,13-14,18-19H2,1-3H3/b12-8+. The summed E-state index contributed by atoms with van der Waals surface area (Å²) in [5, 5.41) is 0. The van der Waals surface area contributed by atoms with E-state index in [4.69, 9.17) is 23.7 Å². The van der Waals surface area contributed by atoms with Crippen molar-refractivity contribution >= 4 is 12.0 Å². The van der Waals surface area contributed by atoms with Crippen molar-refractivity contribution in [2.45, 2.75) is 25.8 Å². The first-order valence-corrected chi connectivity index (χ1v) is 12.4. The Hall–Kier alpha value is -4.13. The second-order valence-corrected chi connectivity index (χ2v) is 8.96. The lowest BCUT2D eigenvalue weighted by Gasteiger charge is -2.37. The highest BCUT2D eigenvalue weighted by molar-refractivity contribution is 5.92. The Bertz CT molecular complexity index is 1300. The van der Waals surface area contributed by atoms with Gasteiger partial charge in [-0.05, 0) is 77.6 Å². The molecule has 0 aromatic heterocycles. The van der Waals surface area contributed by atoms with E-state index in [9.17, 15) is 4.79 Å². The first-order chi connectivity index (χ1) is 18.1. The molecule has 0 bridgehead atoms. The number of methoxy groups -OCH3 is 2. The summed E-state index contributed by atoms with van der Waals surface area (Å²) < 4.78 is 28.1. The monoisotopic (exact) mass is 501 g/mol. The molecule has 3 aromatic rings. The van der Waals surface area contributed by atoms with E-state index in [1.165, 1.54) is 5.56 Å². The van der Waals surface area contributed by atoms with Crippen LogP contribution in [0, 0.1) is 0 Å². The van der Waals surface area contributed by atoms with Crippen LogP contribution >= 0.6 is 0 Å². The topological polar surface area (TPSA) is 66.5 Å². The molecule has 7 nitrogen and oxygen atoms in total. The summed E-state index contributed by atoms with van der Waals surface area (Å²) in [6.45, 7) is 3.22. The summed E-state index contributed by atoms with van der Waals surface area (Å²) in [6, 6.07) is 17.4. The number of aryl methyl sites for hydroxylation is 1. The maximum Gasteiger partial charge on any atom is 0.247 e. The Morgan fingerprint density at radius 1 is 1.00 bits per heavy atom. The molecule has 3 aromatic carbocycles. The highest BCUT2D eigenvalue weighted by atomic mass is 16.7. The van der Waals surface area contributed by atoms with Crippen LogP contribution in [0.2, 0.25) is 0 Å². The van der Waals surface area contributed by atoms with Gasteiger partial charge in [0.05, 0.1) is 20.3 Å². The van der Waals surface area contributed by atoms with E-state index in [1.807, 2.05) is 47.4 Å². The van der Waals surface area contributed by atoms with Crippen LogP contribution in [0.4, 0.5) is 0 Å². The molecule has 0 radical (unpaired) electrons. The highest BCUT2D eigenvalue weighted by Gasteiger charge is 2.32. The van der Waals surface area contributed by atoms with Gasteiger partial charge in [0.15, 0.2) is 23.0 Å². The molecule has 5 rings (SSSR count). The number of rotatable bonds is 8. The minimum absolute atomic E-state index is 0.0898. The number of carbonyl (C=O) groups is 1. The molecule has 37 heavy (non-hydrogen) atoms. The van der Waals surface area contributed by atoms with Gasteiger partial charge >= 0.3 is 0 Å². The van der Waals surface area contributed by atoms with Crippen LogP contribution in [-0.2, 0) is 17.6 Å². The average Bonchev–Trinajstić information content (AvgIpc) is 3.42. The molecular weight excluding hydrogens is 470 g/mol. The SMILES string of the molecule is CCc1ccc(OCC2c3cc(OC)c(OC)cc3CCN2C(=O)/C=C/c2ccc3c(c2)OCO3)cc1. The van der Waals surface area contributed by atoms with Gasteiger partial charge in [-0.3, -0.25) is 4.79 Å². The summed E-state index contributed by atoms with van der Waals surface area (Å²) >= 11 is 0. The summed E-state index contributed by atoms with van der Waals surface area (Å²) in [6.07, 6.45) is 5.08. The molecule has 2 heterocycles. The predicted octanol–water partition coefficient (Wildman–Crippen LogP) is 5.21. The smallest absolute Gasteiger partial charge is 0.247 e. The molecule has 0 spiro atoms. The molecule has 1 amide bonds. The average molecular weight is 502 g/mol. The molecule has 0 aliphatic carbocycles. The third-order valence-corrected chi connectivity index (χ3v) is 6.84. The van der Waals surface area contributed by atoms with Gasteiger partial charge in [0.2, 0.25) is 12.7 Å². The first-order valence-electron chi connectivity index (χ1n) is 12.4. The lowest BCUT2D eigenvalue weighted by molar-refractivity contribution is -0.129. The fraction of sp³-hybridized carbons (Fsp3) is 0.300. The molecule has 1 unspecified atom stereocenters. The number of nitrogens with zero attached hydrogens (tertiary/aromatic N) is 1. The molecule has 0 fully saturated rings. The molecule has 192 valence electrons.